The Labute approximate surface area is 93.9 Å². The number of hydrogen-bond donors (Lipinski definition) is 1. The summed E-state index contributed by atoms with van der Waals surface area (Å²) in [4.78, 5) is 8.36. The number of halogens is 1. The smallest absolute Gasteiger partial charge is 0.291 e. The van der Waals surface area contributed by atoms with Crippen molar-refractivity contribution in [3.05, 3.63) is 45.5 Å². The Bertz CT molecular complexity index is 275. The molecule has 0 aliphatic heterocycles. The Hall–Kier alpha value is -1.18. The maximum absolute atomic E-state index is 9.00. The van der Waals surface area contributed by atoms with Crippen molar-refractivity contribution in [3.63, 3.8) is 0 Å². The molecule has 0 saturated carbocycles. The van der Waals surface area contributed by atoms with Crippen LogP contribution in [0.4, 0.5) is 0 Å². The Morgan fingerprint density at radius 2 is 1.67 bits per heavy atom. The molecule has 0 aromatic heterocycles. The quantitative estimate of drug-likeness (QED) is 0.429. The predicted molar refractivity (Wildman–Crippen MR) is 55.1 cm³/mol. The summed E-state index contributed by atoms with van der Waals surface area (Å²) in [6.07, 6.45) is 1.08. The summed E-state index contributed by atoms with van der Waals surface area (Å²) in [5, 5.41) is 14.4. The maximum Gasteiger partial charge on any atom is 0.291 e. The summed E-state index contributed by atoms with van der Waals surface area (Å²) >= 11 is 3.68. The Kier molecular flexibility index (Phi) is 11.8. The van der Waals surface area contributed by atoms with Crippen molar-refractivity contribution in [2.45, 2.75) is 0 Å². The van der Waals surface area contributed by atoms with Crippen LogP contribution in [0.1, 0.15) is 0 Å². The lowest BCUT2D eigenvalue weighted by Crippen LogP contribution is -1.81. The molecular formula is C7H9ClNO5S-. The van der Waals surface area contributed by atoms with E-state index in [1.807, 2.05) is 30.3 Å². The molecule has 1 atom stereocenters. The summed E-state index contributed by atoms with van der Waals surface area (Å²) in [7, 11) is 0. The van der Waals surface area contributed by atoms with Crippen LogP contribution in [0, 0.1) is 10.1 Å². The molecule has 1 aromatic rings. The van der Waals surface area contributed by atoms with E-state index in [4.69, 9.17) is 35.7 Å². The lowest BCUT2D eigenvalue weighted by Gasteiger charge is -1.85. The van der Waals surface area contributed by atoms with Crippen LogP contribution >= 0.6 is 11.6 Å². The molecule has 1 aromatic carbocycles. The second kappa shape index (κ2) is 10.9. The Balaban J connectivity index is 0. The van der Waals surface area contributed by atoms with Crippen LogP contribution < -0.4 is 0 Å². The summed E-state index contributed by atoms with van der Waals surface area (Å²) < 4.78 is 18.0. The minimum absolute atomic E-state index is 0.794. The molecule has 15 heavy (non-hydrogen) atoms. The molecule has 1 rings (SSSR count). The average molecular weight is 255 g/mol. The molecule has 0 fully saturated rings. The lowest BCUT2D eigenvalue weighted by molar-refractivity contribution is -0.742. The van der Waals surface area contributed by atoms with Crippen LogP contribution in [0.15, 0.2) is 30.3 Å². The van der Waals surface area contributed by atoms with Crippen LogP contribution in [-0.4, -0.2) is 25.3 Å². The van der Waals surface area contributed by atoms with E-state index in [1.165, 1.54) is 0 Å². The third kappa shape index (κ3) is 32.3. The topological polar surface area (TPSA) is 104 Å². The second-order valence-electron chi connectivity index (χ2n) is 1.93. The van der Waals surface area contributed by atoms with E-state index in [0.29, 0.717) is 0 Å². The fourth-order valence-electron chi connectivity index (χ4n) is 0.415. The first-order valence-electron chi connectivity index (χ1n) is 3.41. The van der Waals surface area contributed by atoms with Gasteiger partial charge in [0.1, 0.15) is 0 Å². The molecule has 8 heteroatoms. The van der Waals surface area contributed by atoms with E-state index in [2.05, 4.69) is 0 Å². The molecule has 0 amide bonds. The van der Waals surface area contributed by atoms with Crippen LogP contribution in [0.25, 0.3) is 0 Å². The first kappa shape index (κ1) is 16.3. The van der Waals surface area contributed by atoms with Gasteiger partial charge in [-0.3, -0.25) is 4.21 Å². The molecule has 1 N–H and O–H groups in total. The fourth-order valence-corrected chi connectivity index (χ4v) is 0.560. The summed E-state index contributed by atoms with van der Waals surface area (Å²) in [5.41, 5.74) is 0. The number of nitrogens with zero attached hydrogens (tertiary/aromatic N) is 1. The van der Waals surface area contributed by atoms with E-state index < -0.39 is 16.2 Å². The third-order valence-corrected chi connectivity index (χ3v) is 0.985. The SMILES string of the molecule is CS(=O)[O-].Clc1ccccc1.O=[N+]([O-])O. The van der Waals surface area contributed by atoms with Gasteiger partial charge in [-0.1, -0.05) is 40.9 Å². The average Bonchev–Trinajstić information content (AvgIpc) is 2.03. The zero-order valence-corrected chi connectivity index (χ0v) is 9.27. The molecule has 6 nitrogen and oxygen atoms in total. The van der Waals surface area contributed by atoms with Crippen molar-refractivity contribution in [1.82, 2.24) is 0 Å². The Morgan fingerprint density at radius 3 is 1.80 bits per heavy atom. The highest BCUT2D eigenvalue weighted by molar-refractivity contribution is 7.78. The van der Waals surface area contributed by atoms with Crippen LogP contribution in [0.2, 0.25) is 5.02 Å². The Morgan fingerprint density at radius 1 is 1.40 bits per heavy atom. The number of benzene rings is 1. The van der Waals surface area contributed by atoms with Crippen molar-refractivity contribution < 1.29 is 19.1 Å². The van der Waals surface area contributed by atoms with Gasteiger partial charge >= 0.3 is 0 Å². The van der Waals surface area contributed by atoms with E-state index in [1.54, 1.807) is 0 Å². The largest absolute Gasteiger partial charge is 0.773 e. The van der Waals surface area contributed by atoms with Gasteiger partial charge in [0.05, 0.1) is 0 Å². The molecule has 1 unspecified atom stereocenters. The molecule has 0 heterocycles. The summed E-state index contributed by atoms with van der Waals surface area (Å²) in [6, 6.07) is 9.44. The van der Waals surface area contributed by atoms with Gasteiger partial charge in [-0.25, -0.2) is 0 Å². The van der Waals surface area contributed by atoms with Crippen LogP contribution in [-0.2, 0) is 11.1 Å². The van der Waals surface area contributed by atoms with Crippen molar-refractivity contribution in [2.75, 3.05) is 6.26 Å². The molecule has 0 radical (unpaired) electrons. The van der Waals surface area contributed by atoms with Gasteiger partial charge in [0.2, 0.25) is 0 Å². The third-order valence-electron chi connectivity index (χ3n) is 0.733. The van der Waals surface area contributed by atoms with Gasteiger partial charge in [0.15, 0.2) is 0 Å². The van der Waals surface area contributed by atoms with Gasteiger partial charge in [0, 0.05) is 5.02 Å². The minimum Gasteiger partial charge on any atom is -0.773 e. The highest BCUT2D eigenvalue weighted by Gasteiger charge is 1.74. The van der Waals surface area contributed by atoms with Crippen molar-refractivity contribution >= 4 is 22.7 Å². The monoisotopic (exact) mass is 254 g/mol. The first-order valence-corrected chi connectivity index (χ1v) is 5.27. The van der Waals surface area contributed by atoms with Crippen LogP contribution in [0.3, 0.4) is 0 Å². The highest BCUT2D eigenvalue weighted by atomic mass is 35.5. The van der Waals surface area contributed by atoms with Crippen molar-refractivity contribution in [1.29, 1.82) is 0 Å². The van der Waals surface area contributed by atoms with E-state index in [9.17, 15) is 0 Å². The van der Waals surface area contributed by atoms with Gasteiger partial charge in [-0.2, -0.15) is 0 Å². The highest BCUT2D eigenvalue weighted by Crippen LogP contribution is 2.03. The zero-order chi connectivity index (χ0) is 12.3. The van der Waals surface area contributed by atoms with Crippen LogP contribution in [0.5, 0.6) is 0 Å². The summed E-state index contributed by atoms with van der Waals surface area (Å²) in [5.74, 6) is 0. The standard InChI is InChI=1S/C6H5Cl.CH4O2S.HNO3/c7-6-4-2-1-3-5-6;1-4(2)3;2-1(3)4/h1-5H;1H3,(H,2,3);(H,2,3,4)/p-1. The fraction of sp³-hybridized carbons (Fsp3) is 0.143. The molecule has 0 aliphatic rings. The molecule has 86 valence electrons. The van der Waals surface area contributed by atoms with E-state index in [0.717, 1.165) is 11.3 Å². The molecule has 0 saturated heterocycles. The summed E-state index contributed by atoms with van der Waals surface area (Å²) in [6.45, 7) is 0. The normalized spacial score (nSPS) is 9.80. The minimum atomic E-state index is -1.86. The van der Waals surface area contributed by atoms with Gasteiger partial charge in [-0.15, -0.1) is 10.1 Å². The maximum atomic E-state index is 9.00. The molecule has 0 bridgehead atoms. The predicted octanol–water partition coefficient (Wildman–Crippen LogP) is 1.49. The molecule has 0 aliphatic carbocycles. The van der Waals surface area contributed by atoms with Crippen molar-refractivity contribution in [3.8, 4) is 0 Å². The van der Waals surface area contributed by atoms with Gasteiger partial charge in [0.25, 0.3) is 5.09 Å². The van der Waals surface area contributed by atoms with Gasteiger partial charge in [-0.05, 0) is 18.4 Å². The van der Waals surface area contributed by atoms with E-state index >= 15 is 0 Å². The lowest BCUT2D eigenvalue weighted by atomic mass is 10.4. The first-order chi connectivity index (χ1) is 6.86. The van der Waals surface area contributed by atoms with E-state index in [-0.39, 0.29) is 0 Å². The van der Waals surface area contributed by atoms with Gasteiger partial charge < -0.3 is 9.76 Å². The number of rotatable bonds is 0. The number of hydrogen-bond acceptors (Lipinski definition) is 4. The molecular weight excluding hydrogens is 246 g/mol. The molecule has 0 spiro atoms. The zero-order valence-electron chi connectivity index (χ0n) is 7.70. The second-order valence-corrected chi connectivity index (χ2v) is 3.17. The van der Waals surface area contributed by atoms with Crippen molar-refractivity contribution in [2.24, 2.45) is 0 Å².